The minimum Gasteiger partial charge on any atom is -0.336 e. The number of carbonyl (C=O) groups is 2. The normalized spacial score (nSPS) is 26.6. The summed E-state index contributed by atoms with van der Waals surface area (Å²) in [5.74, 6) is 0.676. The molecule has 4 rings (SSSR count). The number of likely N-dealkylation sites (tertiary alicyclic amines) is 1. The van der Waals surface area contributed by atoms with E-state index in [2.05, 4.69) is 10.6 Å². The second kappa shape index (κ2) is 5.53. The molecule has 3 aliphatic rings. The molecule has 6 nitrogen and oxygen atoms in total. The Kier molecular flexibility index (Phi) is 3.49. The summed E-state index contributed by atoms with van der Waals surface area (Å²) in [5.41, 5.74) is 2.53. The van der Waals surface area contributed by atoms with E-state index in [-0.39, 0.29) is 11.9 Å². The van der Waals surface area contributed by atoms with E-state index in [1.54, 1.807) is 4.90 Å². The number of hydrogen-bond donors (Lipinski definition) is 2. The first-order valence-electron chi connectivity index (χ1n) is 8.33. The van der Waals surface area contributed by atoms with Gasteiger partial charge in [-0.25, -0.2) is 4.79 Å². The quantitative estimate of drug-likeness (QED) is 0.854. The molecule has 6 heteroatoms. The van der Waals surface area contributed by atoms with Gasteiger partial charge in [-0.2, -0.15) is 0 Å². The Labute approximate surface area is 135 Å². The van der Waals surface area contributed by atoms with Crippen LogP contribution in [0.15, 0.2) is 18.2 Å². The maximum Gasteiger partial charge on any atom is 0.322 e. The van der Waals surface area contributed by atoms with Crippen molar-refractivity contribution in [1.82, 2.24) is 15.5 Å². The molecule has 0 spiro atoms. The number of hydrogen-bond acceptors (Lipinski definition) is 3. The topological polar surface area (TPSA) is 64.7 Å². The van der Waals surface area contributed by atoms with E-state index in [1.807, 2.05) is 30.0 Å². The van der Waals surface area contributed by atoms with E-state index in [4.69, 9.17) is 0 Å². The summed E-state index contributed by atoms with van der Waals surface area (Å²) in [6.45, 7) is 6.02. The van der Waals surface area contributed by atoms with Gasteiger partial charge < -0.3 is 15.5 Å². The Morgan fingerprint density at radius 2 is 2.13 bits per heavy atom. The summed E-state index contributed by atoms with van der Waals surface area (Å²) in [4.78, 5) is 28.6. The molecule has 0 aromatic heterocycles. The van der Waals surface area contributed by atoms with Crippen LogP contribution in [0.1, 0.15) is 22.3 Å². The molecule has 3 fully saturated rings. The van der Waals surface area contributed by atoms with Crippen LogP contribution in [0.5, 0.6) is 0 Å². The van der Waals surface area contributed by atoms with Gasteiger partial charge in [-0.15, -0.1) is 0 Å². The fourth-order valence-corrected chi connectivity index (χ4v) is 4.00. The number of carbonyl (C=O) groups excluding carboxylic acids is 2. The van der Waals surface area contributed by atoms with Crippen molar-refractivity contribution in [3.8, 4) is 0 Å². The van der Waals surface area contributed by atoms with Crippen LogP contribution in [0, 0.1) is 12.8 Å². The highest BCUT2D eigenvalue weighted by atomic mass is 16.2. The number of benzene rings is 1. The highest BCUT2D eigenvalue weighted by Crippen LogP contribution is 2.30. The average Bonchev–Trinajstić information content (AvgIpc) is 3.23. The molecule has 3 amide bonds. The molecular weight excluding hydrogens is 292 g/mol. The lowest BCUT2D eigenvalue weighted by atomic mass is 10.0. The first-order valence-corrected chi connectivity index (χ1v) is 8.33. The lowest BCUT2D eigenvalue weighted by molar-refractivity contribution is 0.0737. The van der Waals surface area contributed by atoms with Crippen LogP contribution < -0.4 is 15.5 Å². The second-order valence-electron chi connectivity index (χ2n) is 6.66. The number of anilines is 1. The van der Waals surface area contributed by atoms with Gasteiger partial charge in [0.1, 0.15) is 0 Å². The minimum atomic E-state index is -0.0843. The molecule has 122 valence electrons. The Bertz CT molecular complexity index is 660. The molecular formula is C17H22N4O2. The third-order valence-corrected chi connectivity index (χ3v) is 5.31. The number of amides is 3. The van der Waals surface area contributed by atoms with Crippen LogP contribution in [0.25, 0.3) is 0 Å². The number of urea groups is 1. The zero-order chi connectivity index (χ0) is 16.0. The van der Waals surface area contributed by atoms with E-state index >= 15 is 0 Å². The zero-order valence-electron chi connectivity index (χ0n) is 13.3. The van der Waals surface area contributed by atoms with Gasteiger partial charge in [0.25, 0.3) is 5.91 Å². The average molecular weight is 314 g/mol. The van der Waals surface area contributed by atoms with Gasteiger partial charge in [-0.05, 0) is 37.0 Å². The Balaban J connectivity index is 1.61. The SMILES string of the molecule is Cc1ccc(C(=O)N2CCC3CNCC32)cc1N1CCNC1=O. The first-order chi connectivity index (χ1) is 11.1. The number of nitrogens with one attached hydrogen (secondary N) is 2. The van der Waals surface area contributed by atoms with E-state index in [1.165, 1.54) is 0 Å². The van der Waals surface area contributed by atoms with Gasteiger partial charge in [0.05, 0.1) is 0 Å². The monoisotopic (exact) mass is 314 g/mol. The number of nitrogens with zero attached hydrogens (tertiary/aromatic N) is 2. The predicted octanol–water partition coefficient (Wildman–Crippen LogP) is 0.959. The van der Waals surface area contributed by atoms with Crippen molar-refractivity contribution in [3.63, 3.8) is 0 Å². The van der Waals surface area contributed by atoms with Crippen LogP contribution in [0.4, 0.5) is 10.5 Å². The molecule has 0 saturated carbocycles. The van der Waals surface area contributed by atoms with Gasteiger partial charge in [0.2, 0.25) is 0 Å². The summed E-state index contributed by atoms with van der Waals surface area (Å²) >= 11 is 0. The zero-order valence-corrected chi connectivity index (χ0v) is 13.3. The van der Waals surface area contributed by atoms with Crippen LogP contribution in [-0.4, -0.2) is 55.6 Å². The number of rotatable bonds is 2. The largest absolute Gasteiger partial charge is 0.336 e. The summed E-state index contributed by atoms with van der Waals surface area (Å²) in [7, 11) is 0. The highest BCUT2D eigenvalue weighted by Gasteiger charge is 2.40. The van der Waals surface area contributed by atoms with Crippen molar-refractivity contribution in [3.05, 3.63) is 29.3 Å². The Hall–Kier alpha value is -2.08. The van der Waals surface area contributed by atoms with Crippen molar-refractivity contribution < 1.29 is 9.59 Å². The van der Waals surface area contributed by atoms with Gasteiger partial charge in [0, 0.05) is 50.0 Å². The lowest BCUT2D eigenvalue weighted by Gasteiger charge is -2.24. The fourth-order valence-electron chi connectivity index (χ4n) is 4.00. The molecule has 23 heavy (non-hydrogen) atoms. The van der Waals surface area contributed by atoms with E-state index in [9.17, 15) is 9.59 Å². The van der Waals surface area contributed by atoms with Gasteiger partial charge in [-0.3, -0.25) is 9.69 Å². The molecule has 1 aromatic carbocycles. The standard InChI is InChI=1S/C17H22N4O2/c1-11-2-3-12(8-14(11)21-7-5-19-17(21)23)16(22)20-6-4-13-9-18-10-15(13)20/h2-3,8,13,15,18H,4-7,9-10H2,1H3,(H,19,23). The van der Waals surface area contributed by atoms with E-state index in [0.717, 1.165) is 37.3 Å². The molecule has 0 radical (unpaired) electrons. The van der Waals surface area contributed by atoms with Crippen molar-refractivity contribution in [2.24, 2.45) is 5.92 Å². The molecule has 3 saturated heterocycles. The van der Waals surface area contributed by atoms with Crippen molar-refractivity contribution >= 4 is 17.6 Å². The summed E-state index contributed by atoms with van der Waals surface area (Å²) in [5, 5.41) is 6.19. The smallest absolute Gasteiger partial charge is 0.322 e. The maximum atomic E-state index is 12.9. The predicted molar refractivity (Wildman–Crippen MR) is 87.7 cm³/mol. The van der Waals surface area contributed by atoms with E-state index in [0.29, 0.717) is 30.6 Å². The highest BCUT2D eigenvalue weighted by molar-refractivity contribution is 5.99. The van der Waals surface area contributed by atoms with Crippen molar-refractivity contribution in [1.29, 1.82) is 0 Å². The van der Waals surface area contributed by atoms with Crippen LogP contribution in [0.3, 0.4) is 0 Å². The van der Waals surface area contributed by atoms with Gasteiger partial charge in [0.15, 0.2) is 0 Å². The van der Waals surface area contributed by atoms with Gasteiger partial charge >= 0.3 is 6.03 Å². The first kappa shape index (κ1) is 14.5. The number of fused-ring (bicyclic) bond motifs is 1. The van der Waals surface area contributed by atoms with Crippen LogP contribution in [-0.2, 0) is 0 Å². The van der Waals surface area contributed by atoms with Crippen LogP contribution in [0.2, 0.25) is 0 Å². The molecule has 0 bridgehead atoms. The molecule has 2 N–H and O–H groups in total. The molecule has 3 heterocycles. The van der Waals surface area contributed by atoms with Gasteiger partial charge in [-0.1, -0.05) is 6.07 Å². The molecule has 2 unspecified atom stereocenters. The minimum absolute atomic E-state index is 0.0843. The lowest BCUT2D eigenvalue weighted by Crippen LogP contribution is -2.39. The van der Waals surface area contributed by atoms with Crippen molar-refractivity contribution in [2.75, 3.05) is 37.6 Å². The second-order valence-corrected chi connectivity index (χ2v) is 6.66. The summed E-state index contributed by atoms with van der Waals surface area (Å²) in [6, 6.07) is 5.93. The molecule has 2 atom stereocenters. The Morgan fingerprint density at radius 3 is 2.91 bits per heavy atom. The van der Waals surface area contributed by atoms with E-state index < -0.39 is 0 Å². The molecule has 1 aromatic rings. The van der Waals surface area contributed by atoms with Crippen molar-refractivity contribution in [2.45, 2.75) is 19.4 Å². The third kappa shape index (κ3) is 2.37. The third-order valence-electron chi connectivity index (χ3n) is 5.31. The maximum absolute atomic E-state index is 12.9. The van der Waals surface area contributed by atoms with Crippen LogP contribution >= 0.6 is 0 Å². The molecule has 3 aliphatic heterocycles. The fraction of sp³-hybridized carbons (Fsp3) is 0.529. The summed E-state index contributed by atoms with van der Waals surface area (Å²) in [6.07, 6.45) is 1.08. The molecule has 0 aliphatic carbocycles. The summed E-state index contributed by atoms with van der Waals surface area (Å²) < 4.78 is 0. The Morgan fingerprint density at radius 1 is 1.26 bits per heavy atom. The number of aryl methyl sites for hydroxylation is 1.